The number of furan rings is 1. The maximum atomic E-state index is 5.94. The minimum atomic E-state index is 0. The van der Waals surface area contributed by atoms with Crippen LogP contribution in [0.15, 0.2) is 106 Å². The van der Waals surface area contributed by atoms with Gasteiger partial charge in [0.05, 0.1) is 5.52 Å². The van der Waals surface area contributed by atoms with E-state index in [9.17, 15) is 0 Å². The van der Waals surface area contributed by atoms with E-state index in [0.717, 1.165) is 27.3 Å². The van der Waals surface area contributed by atoms with Crippen molar-refractivity contribution < 1.29 is 25.5 Å². The van der Waals surface area contributed by atoms with Gasteiger partial charge in [-0.2, -0.15) is 10.6 Å². The van der Waals surface area contributed by atoms with Crippen molar-refractivity contribution in [1.29, 1.82) is 0 Å². The SMILES string of the molecule is C[N-]c1ccc2sc3ccccc3c2c1[S-].[W+2].c1ccc2c(c1)[nH]c1cc3oc4ccccc4c3cc12. The van der Waals surface area contributed by atoms with E-state index in [2.05, 4.69) is 89.2 Å². The van der Waals surface area contributed by atoms with Crippen LogP contribution in [0, 0.1) is 0 Å². The average molecular weight is 684 g/mol. The number of H-pyrrole nitrogens is 1. The molecule has 0 saturated carbocycles. The first kappa shape index (κ1) is 24.0. The first-order chi connectivity index (χ1) is 17.7. The van der Waals surface area contributed by atoms with Crippen LogP contribution in [0.1, 0.15) is 0 Å². The van der Waals surface area contributed by atoms with E-state index >= 15 is 0 Å². The maximum absolute atomic E-state index is 5.94. The van der Waals surface area contributed by atoms with E-state index in [0.29, 0.717) is 0 Å². The maximum Gasteiger partial charge on any atom is 2.00 e. The number of fused-ring (bicyclic) bond motifs is 9. The molecule has 6 heteroatoms. The van der Waals surface area contributed by atoms with Gasteiger partial charge in [-0.05, 0) is 41.1 Å². The quantitative estimate of drug-likeness (QED) is 0.175. The smallest absolute Gasteiger partial charge is 0.780 e. The van der Waals surface area contributed by atoms with E-state index < -0.39 is 0 Å². The van der Waals surface area contributed by atoms with Crippen molar-refractivity contribution in [3.05, 3.63) is 102 Å². The Hall–Kier alpha value is -3.37. The number of hydrogen-bond donors (Lipinski definition) is 1. The number of rotatable bonds is 1. The van der Waals surface area contributed by atoms with Gasteiger partial charge in [-0.1, -0.05) is 60.7 Å². The minimum Gasteiger partial charge on any atom is -0.780 e. The summed E-state index contributed by atoms with van der Waals surface area (Å²) in [6.45, 7) is 0. The summed E-state index contributed by atoms with van der Waals surface area (Å²) in [6, 6.07) is 33.4. The standard InChI is InChI=1S/C18H11NO.C13H10NS2.W/c1-3-7-15-11(5-1)13-9-14-12-6-2-4-8-17(12)20-18(14)10-16(13)19-15;1-14-9-6-7-11-12(13(9)15)8-4-2-3-5-10(8)16-11;/h1-10,19H;2-7,15H,1H3;/q;-1;+2/p-1. The van der Waals surface area contributed by atoms with Crippen molar-refractivity contribution in [3.63, 3.8) is 0 Å². The first-order valence-corrected chi connectivity index (χ1v) is 13.0. The zero-order valence-electron chi connectivity index (χ0n) is 19.8. The second-order valence-electron chi connectivity index (χ2n) is 8.77. The summed E-state index contributed by atoms with van der Waals surface area (Å²) in [6.07, 6.45) is 0. The minimum absolute atomic E-state index is 0. The van der Waals surface area contributed by atoms with Crippen LogP contribution in [0.3, 0.4) is 0 Å². The monoisotopic (exact) mass is 684 g/mol. The number of aromatic amines is 1. The Balaban J connectivity index is 0.000000136. The van der Waals surface area contributed by atoms with Crippen LogP contribution in [-0.4, -0.2) is 12.0 Å². The van der Waals surface area contributed by atoms with Gasteiger partial charge in [0.2, 0.25) is 0 Å². The second kappa shape index (κ2) is 9.50. The van der Waals surface area contributed by atoms with Gasteiger partial charge in [-0.3, -0.25) is 0 Å². The van der Waals surface area contributed by atoms with E-state index in [-0.39, 0.29) is 21.1 Å². The predicted molar refractivity (Wildman–Crippen MR) is 157 cm³/mol. The molecule has 0 saturated heterocycles. The first-order valence-electron chi connectivity index (χ1n) is 11.7. The Morgan fingerprint density at radius 1 is 0.676 bits per heavy atom. The Kier molecular flexibility index (Phi) is 6.16. The molecule has 0 aliphatic heterocycles. The molecule has 8 aromatic rings. The van der Waals surface area contributed by atoms with Gasteiger partial charge in [0, 0.05) is 42.5 Å². The number of nitrogens with one attached hydrogen (secondary N) is 1. The van der Waals surface area contributed by atoms with Crippen molar-refractivity contribution >= 4 is 93.6 Å². The third kappa shape index (κ3) is 3.90. The van der Waals surface area contributed by atoms with Gasteiger partial charge in [-0.15, -0.1) is 18.4 Å². The van der Waals surface area contributed by atoms with Crippen molar-refractivity contribution in [2.45, 2.75) is 4.90 Å². The topological polar surface area (TPSA) is 43.0 Å². The van der Waals surface area contributed by atoms with Crippen molar-refractivity contribution in [3.8, 4) is 0 Å². The molecule has 3 nitrogen and oxygen atoms in total. The Morgan fingerprint density at radius 3 is 2.24 bits per heavy atom. The van der Waals surface area contributed by atoms with Crippen LogP contribution in [0.25, 0.3) is 69.2 Å². The summed E-state index contributed by atoms with van der Waals surface area (Å²) in [5, 5.41) is 11.5. The van der Waals surface area contributed by atoms with Crippen LogP contribution in [0.5, 0.6) is 0 Å². The summed E-state index contributed by atoms with van der Waals surface area (Å²) in [5.41, 5.74) is 5.08. The molecule has 0 amide bonds. The fourth-order valence-electron chi connectivity index (χ4n) is 5.02. The van der Waals surface area contributed by atoms with E-state index in [1.54, 1.807) is 18.4 Å². The number of nitrogens with zero attached hydrogens (tertiary/aromatic N) is 1. The molecule has 3 aromatic heterocycles. The van der Waals surface area contributed by atoms with E-state index in [1.165, 1.54) is 47.2 Å². The van der Waals surface area contributed by atoms with Crippen molar-refractivity contribution in [2.24, 2.45) is 0 Å². The van der Waals surface area contributed by atoms with E-state index in [1.807, 2.05) is 18.2 Å². The summed E-state index contributed by atoms with van der Waals surface area (Å²) in [4.78, 5) is 4.33. The summed E-state index contributed by atoms with van der Waals surface area (Å²) < 4.78 is 8.47. The normalized spacial score (nSPS) is 11.3. The molecule has 5 aromatic carbocycles. The zero-order chi connectivity index (χ0) is 24.2. The molecule has 178 valence electrons. The van der Waals surface area contributed by atoms with Gasteiger partial charge in [0.15, 0.2) is 0 Å². The summed E-state index contributed by atoms with van der Waals surface area (Å²) in [7, 11) is 1.78. The fourth-order valence-corrected chi connectivity index (χ4v) is 6.58. The van der Waals surface area contributed by atoms with Crippen LogP contribution >= 0.6 is 11.3 Å². The molecule has 3 heterocycles. The van der Waals surface area contributed by atoms with Gasteiger partial charge in [0.1, 0.15) is 11.2 Å². The largest absolute Gasteiger partial charge is 2.00 e. The molecule has 0 unspecified atom stereocenters. The number of benzene rings is 5. The molecule has 1 N–H and O–H groups in total. The van der Waals surface area contributed by atoms with Crippen LogP contribution in [-0.2, 0) is 33.7 Å². The Bertz CT molecular complexity index is 1980. The fraction of sp³-hybridized carbons (Fsp3) is 0.0323. The van der Waals surface area contributed by atoms with Crippen LogP contribution in [0.4, 0.5) is 5.69 Å². The number of para-hydroxylation sites is 2. The van der Waals surface area contributed by atoms with Crippen molar-refractivity contribution in [2.75, 3.05) is 7.05 Å². The molecular weight excluding hydrogens is 664 g/mol. The molecule has 8 rings (SSSR count). The molecular formula is C31H20N2OS2W. The van der Waals surface area contributed by atoms with Crippen LogP contribution < -0.4 is 0 Å². The summed E-state index contributed by atoms with van der Waals surface area (Å²) in [5.74, 6) is 0. The molecule has 0 radical (unpaired) electrons. The number of hydrogen-bond acceptors (Lipinski definition) is 3. The molecule has 0 aliphatic carbocycles. The summed E-state index contributed by atoms with van der Waals surface area (Å²) >= 11 is 7.27. The zero-order valence-corrected chi connectivity index (χ0v) is 24.4. The average Bonchev–Trinajstić information content (AvgIpc) is 3.58. The molecule has 0 bridgehead atoms. The predicted octanol–water partition coefficient (Wildman–Crippen LogP) is 9.81. The third-order valence-electron chi connectivity index (χ3n) is 6.72. The number of aromatic nitrogens is 1. The second-order valence-corrected chi connectivity index (χ2v) is 10.3. The number of thiophene rings is 1. The molecule has 0 spiro atoms. The molecule has 0 atom stereocenters. The van der Waals surface area contributed by atoms with Gasteiger partial charge < -0.3 is 27.3 Å². The Labute approximate surface area is 237 Å². The molecule has 0 aliphatic rings. The molecule has 0 fully saturated rings. The van der Waals surface area contributed by atoms with Gasteiger partial charge >= 0.3 is 21.1 Å². The third-order valence-corrected chi connectivity index (χ3v) is 8.27. The molecule has 37 heavy (non-hydrogen) atoms. The Morgan fingerprint density at radius 2 is 1.41 bits per heavy atom. The van der Waals surface area contributed by atoms with Gasteiger partial charge in [0.25, 0.3) is 0 Å². The van der Waals surface area contributed by atoms with E-state index in [4.69, 9.17) is 17.0 Å². The van der Waals surface area contributed by atoms with Gasteiger partial charge in [-0.25, -0.2) is 0 Å². The van der Waals surface area contributed by atoms with Crippen molar-refractivity contribution in [1.82, 2.24) is 4.98 Å². The van der Waals surface area contributed by atoms with Crippen LogP contribution in [0.2, 0.25) is 0 Å².